The van der Waals surface area contributed by atoms with Gasteiger partial charge in [0.05, 0.1) is 5.92 Å². The Kier molecular flexibility index (Phi) is 3.86. The first-order chi connectivity index (χ1) is 11.6. The number of rotatable bonds is 2. The van der Waals surface area contributed by atoms with E-state index < -0.39 is 0 Å². The lowest BCUT2D eigenvalue weighted by molar-refractivity contribution is -0.144. The van der Waals surface area contributed by atoms with Crippen molar-refractivity contribution < 1.29 is 9.59 Å². The second-order valence-electron chi connectivity index (χ2n) is 7.87. The third kappa shape index (κ3) is 2.83. The summed E-state index contributed by atoms with van der Waals surface area (Å²) in [4.78, 5) is 28.8. The molecule has 1 aromatic rings. The van der Waals surface area contributed by atoms with Gasteiger partial charge in [0.15, 0.2) is 0 Å². The topological polar surface area (TPSA) is 40.6 Å². The van der Waals surface area contributed by atoms with Crippen LogP contribution in [0.5, 0.6) is 0 Å². The number of benzene rings is 1. The molecule has 0 unspecified atom stereocenters. The summed E-state index contributed by atoms with van der Waals surface area (Å²) in [5.74, 6) is 0.489. The van der Waals surface area contributed by atoms with Crippen molar-refractivity contribution in [2.45, 2.75) is 51.0 Å². The standard InChI is InChI=1S/C20H26N2O2/c1-15(23)21-11-9-20(10-12-21)13-18(16-5-3-2-4-6-16)19(24)22(14-20)17-7-8-17/h2-6,17-18H,7-14H2,1H3/t18-/m0/s1. The fraction of sp³-hybridized carbons (Fsp3) is 0.600. The lowest BCUT2D eigenvalue weighted by Crippen LogP contribution is -2.55. The Balaban J connectivity index is 1.59. The summed E-state index contributed by atoms with van der Waals surface area (Å²) in [5, 5.41) is 0. The van der Waals surface area contributed by atoms with Gasteiger partial charge in [0.2, 0.25) is 11.8 Å². The van der Waals surface area contributed by atoms with Crippen molar-refractivity contribution in [1.29, 1.82) is 0 Å². The molecule has 0 bridgehead atoms. The molecular weight excluding hydrogens is 300 g/mol. The van der Waals surface area contributed by atoms with E-state index in [9.17, 15) is 9.59 Å². The highest BCUT2D eigenvalue weighted by molar-refractivity contribution is 5.85. The monoisotopic (exact) mass is 326 g/mol. The van der Waals surface area contributed by atoms with Crippen molar-refractivity contribution in [3.63, 3.8) is 0 Å². The third-order valence-electron chi connectivity index (χ3n) is 6.18. The largest absolute Gasteiger partial charge is 0.343 e. The average Bonchev–Trinajstić information content (AvgIpc) is 3.43. The highest BCUT2D eigenvalue weighted by Gasteiger charge is 2.49. The Morgan fingerprint density at radius 2 is 1.79 bits per heavy atom. The fourth-order valence-electron chi connectivity index (χ4n) is 4.52. The van der Waals surface area contributed by atoms with Crippen LogP contribution in [0.1, 0.15) is 50.5 Å². The number of carbonyl (C=O) groups excluding carboxylic acids is 2. The maximum atomic E-state index is 13.1. The molecule has 1 spiro atoms. The molecule has 2 saturated heterocycles. The Labute approximate surface area is 143 Å². The molecule has 1 atom stereocenters. The van der Waals surface area contributed by atoms with Crippen molar-refractivity contribution in [1.82, 2.24) is 9.80 Å². The van der Waals surface area contributed by atoms with Gasteiger partial charge in [-0.05, 0) is 43.1 Å². The normalized spacial score (nSPS) is 26.7. The minimum Gasteiger partial charge on any atom is -0.343 e. The Morgan fingerprint density at radius 1 is 1.12 bits per heavy atom. The first-order valence-electron chi connectivity index (χ1n) is 9.19. The number of likely N-dealkylation sites (tertiary alicyclic amines) is 2. The SMILES string of the molecule is CC(=O)N1CCC2(CC1)C[C@@H](c1ccccc1)C(=O)N(C1CC1)C2. The van der Waals surface area contributed by atoms with Gasteiger partial charge in [-0.25, -0.2) is 0 Å². The number of piperidine rings is 2. The van der Waals surface area contributed by atoms with Crippen LogP contribution in [0.3, 0.4) is 0 Å². The molecular formula is C20H26N2O2. The highest BCUT2D eigenvalue weighted by Crippen LogP contribution is 2.48. The maximum absolute atomic E-state index is 13.1. The maximum Gasteiger partial charge on any atom is 0.230 e. The van der Waals surface area contributed by atoms with Crippen LogP contribution in [0, 0.1) is 5.41 Å². The van der Waals surface area contributed by atoms with Crippen molar-refractivity contribution >= 4 is 11.8 Å². The quantitative estimate of drug-likeness (QED) is 0.838. The van der Waals surface area contributed by atoms with Crippen LogP contribution in [0.15, 0.2) is 30.3 Å². The predicted octanol–water partition coefficient (Wildman–Crippen LogP) is 2.79. The van der Waals surface area contributed by atoms with Crippen LogP contribution in [0.2, 0.25) is 0 Å². The van der Waals surface area contributed by atoms with Crippen molar-refractivity contribution in [3.8, 4) is 0 Å². The Hall–Kier alpha value is -1.84. The number of hydrogen-bond donors (Lipinski definition) is 0. The fourth-order valence-corrected chi connectivity index (χ4v) is 4.52. The van der Waals surface area contributed by atoms with E-state index in [1.807, 2.05) is 23.1 Å². The van der Waals surface area contributed by atoms with Crippen molar-refractivity contribution in [2.75, 3.05) is 19.6 Å². The highest BCUT2D eigenvalue weighted by atomic mass is 16.2. The van der Waals surface area contributed by atoms with Gasteiger partial charge in [0.1, 0.15) is 0 Å². The molecule has 2 heterocycles. The van der Waals surface area contributed by atoms with E-state index >= 15 is 0 Å². The molecule has 4 heteroatoms. The minimum absolute atomic E-state index is 0.00979. The second kappa shape index (κ2) is 5.91. The molecule has 128 valence electrons. The average molecular weight is 326 g/mol. The van der Waals surface area contributed by atoms with E-state index in [0.29, 0.717) is 11.9 Å². The number of nitrogens with zero attached hydrogens (tertiary/aromatic N) is 2. The van der Waals surface area contributed by atoms with Gasteiger partial charge in [-0.2, -0.15) is 0 Å². The molecule has 24 heavy (non-hydrogen) atoms. The number of hydrogen-bond acceptors (Lipinski definition) is 2. The molecule has 3 aliphatic rings. The number of carbonyl (C=O) groups is 2. The van der Waals surface area contributed by atoms with Crippen LogP contribution in [-0.4, -0.2) is 47.3 Å². The van der Waals surface area contributed by atoms with Crippen molar-refractivity contribution in [2.24, 2.45) is 5.41 Å². The molecule has 0 radical (unpaired) electrons. The van der Waals surface area contributed by atoms with Gasteiger partial charge < -0.3 is 9.80 Å². The van der Waals surface area contributed by atoms with E-state index in [-0.39, 0.29) is 17.2 Å². The van der Waals surface area contributed by atoms with Crippen LogP contribution >= 0.6 is 0 Å². The Morgan fingerprint density at radius 3 is 2.38 bits per heavy atom. The van der Waals surface area contributed by atoms with Crippen LogP contribution in [0.4, 0.5) is 0 Å². The Bertz CT molecular complexity index is 630. The lowest BCUT2D eigenvalue weighted by Gasteiger charge is -2.50. The molecule has 0 N–H and O–H groups in total. The van der Waals surface area contributed by atoms with Crippen molar-refractivity contribution in [3.05, 3.63) is 35.9 Å². The van der Waals surface area contributed by atoms with Crippen LogP contribution in [0.25, 0.3) is 0 Å². The molecule has 0 aromatic heterocycles. The third-order valence-corrected chi connectivity index (χ3v) is 6.18. The summed E-state index contributed by atoms with van der Waals surface area (Å²) < 4.78 is 0. The molecule has 3 fully saturated rings. The van der Waals surface area contributed by atoms with Gasteiger partial charge in [-0.1, -0.05) is 30.3 Å². The van der Waals surface area contributed by atoms with Gasteiger partial charge in [0.25, 0.3) is 0 Å². The van der Waals surface area contributed by atoms with Gasteiger partial charge in [-0.3, -0.25) is 9.59 Å². The minimum atomic E-state index is -0.00979. The second-order valence-corrected chi connectivity index (χ2v) is 7.87. The van der Waals surface area contributed by atoms with Gasteiger partial charge in [0, 0.05) is 32.6 Å². The lowest BCUT2D eigenvalue weighted by atomic mass is 9.67. The summed E-state index contributed by atoms with van der Waals surface area (Å²) in [7, 11) is 0. The summed E-state index contributed by atoms with van der Waals surface area (Å²) in [6, 6.07) is 10.7. The van der Waals surface area contributed by atoms with E-state index in [0.717, 1.165) is 57.3 Å². The van der Waals surface area contributed by atoms with Gasteiger partial charge >= 0.3 is 0 Å². The van der Waals surface area contributed by atoms with Crippen LogP contribution < -0.4 is 0 Å². The molecule has 4 nitrogen and oxygen atoms in total. The summed E-state index contributed by atoms with van der Waals surface area (Å²) >= 11 is 0. The summed E-state index contributed by atoms with van der Waals surface area (Å²) in [6.07, 6.45) is 5.29. The smallest absolute Gasteiger partial charge is 0.230 e. The molecule has 2 amide bonds. The summed E-state index contributed by atoms with van der Waals surface area (Å²) in [6.45, 7) is 4.23. The molecule has 1 saturated carbocycles. The van der Waals surface area contributed by atoms with E-state index in [1.165, 1.54) is 0 Å². The van der Waals surface area contributed by atoms with E-state index in [4.69, 9.17) is 0 Å². The first-order valence-corrected chi connectivity index (χ1v) is 9.19. The van der Waals surface area contributed by atoms with Gasteiger partial charge in [-0.15, -0.1) is 0 Å². The van der Waals surface area contributed by atoms with Crippen LogP contribution in [-0.2, 0) is 9.59 Å². The first kappa shape index (κ1) is 15.7. The van der Waals surface area contributed by atoms with E-state index in [1.54, 1.807) is 6.92 Å². The summed E-state index contributed by atoms with van der Waals surface area (Å²) in [5.41, 5.74) is 1.34. The molecule has 2 aliphatic heterocycles. The predicted molar refractivity (Wildman–Crippen MR) is 92.5 cm³/mol. The zero-order chi connectivity index (χ0) is 16.7. The zero-order valence-electron chi connectivity index (χ0n) is 14.4. The molecule has 4 rings (SSSR count). The molecule has 1 aliphatic carbocycles. The number of amides is 2. The molecule has 1 aromatic carbocycles. The zero-order valence-corrected chi connectivity index (χ0v) is 14.4. The van der Waals surface area contributed by atoms with E-state index in [2.05, 4.69) is 17.0 Å².